The molecule has 0 unspecified atom stereocenters. The molecule has 0 saturated carbocycles. The smallest absolute Gasteiger partial charge is 0.339 e. The molecule has 3 aromatic rings. The van der Waals surface area contributed by atoms with Crippen LogP contribution in [0, 0.1) is 0 Å². The van der Waals surface area contributed by atoms with E-state index in [4.69, 9.17) is 8.60 Å². The number of thioether (sulfide) groups is 1. The Kier molecular flexibility index (Phi) is 5.60. The van der Waals surface area contributed by atoms with Crippen LogP contribution in [0.2, 0.25) is 0 Å². The number of amides is 1. The Labute approximate surface area is 176 Å². The predicted molar refractivity (Wildman–Crippen MR) is 113 cm³/mol. The first-order valence-electron chi connectivity index (χ1n) is 8.94. The molecule has 0 atom stereocenters. The molecular weight excluding hydrogens is 428 g/mol. The predicted octanol–water partition coefficient (Wildman–Crippen LogP) is 2.67. The Morgan fingerprint density at radius 2 is 1.90 bits per heavy atom. The highest BCUT2D eigenvalue weighted by molar-refractivity contribution is 8.13. The van der Waals surface area contributed by atoms with Gasteiger partial charge >= 0.3 is 15.7 Å². The van der Waals surface area contributed by atoms with E-state index in [0.717, 1.165) is 0 Å². The van der Waals surface area contributed by atoms with Crippen LogP contribution in [0.15, 0.2) is 73.7 Å². The number of carbonyl (C=O) groups is 1. The summed E-state index contributed by atoms with van der Waals surface area (Å²) in [6.07, 6.45) is 0.358. The Morgan fingerprint density at radius 3 is 2.67 bits per heavy atom. The molecule has 1 aliphatic heterocycles. The zero-order valence-electron chi connectivity index (χ0n) is 15.5. The molecule has 0 fully saturated rings. The Morgan fingerprint density at radius 1 is 1.10 bits per heavy atom. The van der Waals surface area contributed by atoms with E-state index in [9.17, 15) is 18.0 Å². The summed E-state index contributed by atoms with van der Waals surface area (Å²) in [5, 5.41) is 3.82. The molecule has 0 bridgehead atoms. The second-order valence-corrected chi connectivity index (χ2v) is 8.88. The fourth-order valence-corrected chi connectivity index (χ4v) is 4.69. The lowest BCUT2D eigenvalue weighted by atomic mass is 10.1. The van der Waals surface area contributed by atoms with Crippen molar-refractivity contribution in [1.82, 2.24) is 5.32 Å². The highest BCUT2D eigenvalue weighted by Crippen LogP contribution is 2.27. The number of nitrogens with one attached hydrogen (secondary N) is 1. The SMILES string of the molecule is O=C1CCN=C(SCc2cc(=O)oc3cc(OS(=O)(=O)c4ccccc4)ccc23)N1. The molecule has 1 N–H and O–H groups in total. The molecule has 1 amide bonds. The molecule has 8 nitrogen and oxygen atoms in total. The summed E-state index contributed by atoms with van der Waals surface area (Å²) < 4.78 is 35.2. The van der Waals surface area contributed by atoms with Gasteiger partial charge in [-0.3, -0.25) is 9.79 Å². The van der Waals surface area contributed by atoms with E-state index in [2.05, 4.69) is 10.3 Å². The summed E-state index contributed by atoms with van der Waals surface area (Å²) >= 11 is 1.30. The average Bonchev–Trinajstić information content (AvgIpc) is 2.72. The third-order valence-electron chi connectivity index (χ3n) is 4.24. The van der Waals surface area contributed by atoms with Crippen LogP contribution in [0.1, 0.15) is 12.0 Å². The molecule has 1 aromatic heterocycles. The van der Waals surface area contributed by atoms with E-state index in [0.29, 0.717) is 34.8 Å². The van der Waals surface area contributed by atoms with Gasteiger partial charge in [0, 0.05) is 29.7 Å². The summed E-state index contributed by atoms with van der Waals surface area (Å²) in [4.78, 5) is 27.7. The first-order chi connectivity index (χ1) is 14.4. The number of nitrogens with zero attached hydrogens (tertiary/aromatic N) is 1. The normalized spacial score (nSPS) is 14.3. The van der Waals surface area contributed by atoms with Gasteiger partial charge in [0.15, 0.2) is 5.17 Å². The van der Waals surface area contributed by atoms with Gasteiger partial charge in [-0.05, 0) is 29.8 Å². The number of hydrogen-bond donors (Lipinski definition) is 1. The summed E-state index contributed by atoms with van der Waals surface area (Å²) in [5.41, 5.74) is 0.301. The number of hydrogen-bond acceptors (Lipinski definition) is 8. The molecule has 0 aliphatic carbocycles. The van der Waals surface area contributed by atoms with Crippen molar-refractivity contribution in [2.75, 3.05) is 6.54 Å². The van der Waals surface area contributed by atoms with E-state index in [1.807, 2.05) is 0 Å². The number of fused-ring (bicyclic) bond motifs is 1. The van der Waals surface area contributed by atoms with Gasteiger partial charge in [-0.15, -0.1) is 0 Å². The topological polar surface area (TPSA) is 115 Å². The standard InChI is InChI=1S/C20H16N2O6S2/c23-18-8-9-21-20(22-18)29-12-13-10-19(24)27-17-11-14(6-7-16(13)17)28-30(25,26)15-4-2-1-3-5-15/h1-7,10-11H,8-9,12H2,(H,21,22,23). The third kappa shape index (κ3) is 4.55. The first kappa shape index (κ1) is 20.2. The Bertz CT molecular complexity index is 1300. The van der Waals surface area contributed by atoms with Crippen LogP contribution in [-0.2, 0) is 20.7 Å². The first-order valence-corrected chi connectivity index (χ1v) is 11.3. The molecule has 2 heterocycles. The highest BCUT2D eigenvalue weighted by Gasteiger charge is 2.18. The maximum absolute atomic E-state index is 12.4. The van der Waals surface area contributed by atoms with Crippen LogP contribution in [0.25, 0.3) is 11.0 Å². The second kappa shape index (κ2) is 8.33. The molecule has 0 saturated heterocycles. The van der Waals surface area contributed by atoms with Crippen molar-refractivity contribution in [3.63, 3.8) is 0 Å². The second-order valence-electron chi connectivity index (χ2n) is 6.37. The zero-order valence-corrected chi connectivity index (χ0v) is 17.2. The van der Waals surface area contributed by atoms with Gasteiger partial charge in [0.2, 0.25) is 5.91 Å². The minimum Gasteiger partial charge on any atom is -0.423 e. The van der Waals surface area contributed by atoms with Crippen molar-refractivity contribution in [2.45, 2.75) is 17.1 Å². The number of rotatable bonds is 5. The molecule has 1 aliphatic rings. The lowest BCUT2D eigenvalue weighted by molar-refractivity contribution is -0.119. The van der Waals surface area contributed by atoms with Crippen LogP contribution in [-0.4, -0.2) is 26.0 Å². The zero-order chi connectivity index (χ0) is 21.1. The van der Waals surface area contributed by atoms with Crippen LogP contribution in [0.4, 0.5) is 0 Å². The van der Waals surface area contributed by atoms with Crippen LogP contribution in [0.5, 0.6) is 5.75 Å². The molecule has 154 valence electrons. The summed E-state index contributed by atoms with van der Waals surface area (Å²) in [6, 6.07) is 13.6. The fourth-order valence-electron chi connectivity index (χ4n) is 2.85. The average molecular weight is 444 g/mol. The van der Waals surface area contributed by atoms with Gasteiger partial charge < -0.3 is 13.9 Å². The van der Waals surface area contributed by atoms with Gasteiger partial charge in [0.1, 0.15) is 16.2 Å². The third-order valence-corrected chi connectivity index (χ3v) is 6.47. The summed E-state index contributed by atoms with van der Waals surface area (Å²) in [6.45, 7) is 0.433. The lowest BCUT2D eigenvalue weighted by Crippen LogP contribution is -2.32. The largest absolute Gasteiger partial charge is 0.423 e. The molecule has 0 radical (unpaired) electrons. The minimum absolute atomic E-state index is 0.0204. The van der Waals surface area contributed by atoms with Gasteiger partial charge in [-0.1, -0.05) is 30.0 Å². The van der Waals surface area contributed by atoms with Crippen LogP contribution in [0.3, 0.4) is 0 Å². The van der Waals surface area contributed by atoms with E-state index in [1.54, 1.807) is 24.3 Å². The molecule has 0 spiro atoms. The van der Waals surface area contributed by atoms with Crippen LogP contribution < -0.4 is 15.1 Å². The maximum Gasteiger partial charge on any atom is 0.339 e. The number of amidine groups is 1. The molecule has 2 aromatic carbocycles. The number of carbonyl (C=O) groups excluding carboxylic acids is 1. The lowest BCUT2D eigenvalue weighted by Gasteiger charge is -2.13. The van der Waals surface area contributed by atoms with Gasteiger partial charge in [0.05, 0.1) is 6.54 Å². The molecule has 10 heteroatoms. The van der Waals surface area contributed by atoms with Crippen molar-refractivity contribution < 1.29 is 21.8 Å². The molecule has 4 rings (SSSR count). The minimum atomic E-state index is -4.01. The summed E-state index contributed by atoms with van der Waals surface area (Å²) in [7, 11) is -4.01. The Hall–Kier alpha value is -3.11. The van der Waals surface area contributed by atoms with Crippen molar-refractivity contribution in [2.24, 2.45) is 4.99 Å². The van der Waals surface area contributed by atoms with Gasteiger partial charge in [0.25, 0.3) is 0 Å². The number of benzene rings is 2. The van der Waals surface area contributed by atoms with E-state index < -0.39 is 15.7 Å². The quantitative estimate of drug-likeness (QED) is 0.475. The van der Waals surface area contributed by atoms with E-state index in [-0.39, 0.29) is 22.1 Å². The Balaban J connectivity index is 1.60. The molecule has 30 heavy (non-hydrogen) atoms. The summed E-state index contributed by atoms with van der Waals surface area (Å²) in [5.74, 6) is 0.318. The number of aliphatic imine (C=N–C) groups is 1. The van der Waals surface area contributed by atoms with Crippen molar-refractivity contribution in [3.8, 4) is 5.75 Å². The van der Waals surface area contributed by atoms with Crippen molar-refractivity contribution >= 4 is 43.9 Å². The van der Waals surface area contributed by atoms with Crippen molar-refractivity contribution in [1.29, 1.82) is 0 Å². The molecular formula is C20H16N2O6S2. The monoisotopic (exact) mass is 444 g/mol. The fraction of sp³-hybridized carbons (Fsp3) is 0.150. The van der Waals surface area contributed by atoms with E-state index in [1.165, 1.54) is 42.1 Å². The van der Waals surface area contributed by atoms with Crippen molar-refractivity contribution in [3.05, 3.63) is 70.6 Å². The highest BCUT2D eigenvalue weighted by atomic mass is 32.2. The van der Waals surface area contributed by atoms with Crippen LogP contribution >= 0.6 is 11.8 Å². The van der Waals surface area contributed by atoms with Gasteiger partial charge in [-0.2, -0.15) is 8.42 Å². The van der Waals surface area contributed by atoms with E-state index >= 15 is 0 Å². The maximum atomic E-state index is 12.4. The van der Waals surface area contributed by atoms with Gasteiger partial charge in [-0.25, -0.2) is 4.79 Å².